The van der Waals surface area contributed by atoms with E-state index in [0.717, 1.165) is 4.57 Å². The third kappa shape index (κ3) is 4.99. The average Bonchev–Trinajstić information content (AvgIpc) is 3.56. The van der Waals surface area contributed by atoms with Gasteiger partial charge < -0.3 is 14.9 Å². The lowest BCUT2D eigenvalue weighted by atomic mass is 9.79. The highest BCUT2D eigenvalue weighted by Crippen LogP contribution is 2.42. The van der Waals surface area contributed by atoms with E-state index >= 15 is 0 Å². The first kappa shape index (κ1) is 26.8. The number of nitriles is 1. The van der Waals surface area contributed by atoms with E-state index in [2.05, 4.69) is 26.6 Å². The van der Waals surface area contributed by atoms with Gasteiger partial charge in [-0.3, -0.25) is 28.5 Å². The van der Waals surface area contributed by atoms with Crippen LogP contribution in [0.2, 0.25) is 0 Å². The molecule has 0 aliphatic heterocycles. The van der Waals surface area contributed by atoms with Crippen molar-refractivity contribution in [3.8, 4) is 11.8 Å². The Morgan fingerprint density at radius 3 is 2.59 bits per heavy atom. The summed E-state index contributed by atoms with van der Waals surface area (Å²) >= 11 is 0. The smallest absolute Gasteiger partial charge is 0.296 e. The summed E-state index contributed by atoms with van der Waals surface area (Å²) in [5.74, 6) is -2.68. The number of hydrogen-bond acceptors (Lipinski definition) is 9. The zero-order chi connectivity index (χ0) is 28.4. The van der Waals surface area contributed by atoms with Crippen LogP contribution in [0.25, 0.3) is 0 Å². The molecule has 2 atom stereocenters. The first-order chi connectivity index (χ1) is 18.5. The minimum atomic E-state index is -0.839. The van der Waals surface area contributed by atoms with Gasteiger partial charge in [0.15, 0.2) is 11.5 Å². The molecule has 0 saturated heterocycles. The molecular weight excluding hydrogens is 504 g/mol. The van der Waals surface area contributed by atoms with Crippen LogP contribution in [0.3, 0.4) is 0 Å². The molecule has 0 fully saturated rings. The van der Waals surface area contributed by atoms with Gasteiger partial charge >= 0.3 is 0 Å². The highest BCUT2D eigenvalue weighted by atomic mass is 16.5. The van der Waals surface area contributed by atoms with E-state index in [1.165, 1.54) is 31.3 Å². The minimum absolute atomic E-state index is 0.159. The van der Waals surface area contributed by atoms with E-state index in [-0.39, 0.29) is 17.4 Å². The van der Waals surface area contributed by atoms with E-state index in [4.69, 9.17) is 4.52 Å². The van der Waals surface area contributed by atoms with Gasteiger partial charge in [-0.15, -0.1) is 0 Å². The van der Waals surface area contributed by atoms with Crippen molar-refractivity contribution >= 4 is 23.3 Å². The Labute approximate surface area is 222 Å². The lowest BCUT2D eigenvalue weighted by Gasteiger charge is -2.28. The summed E-state index contributed by atoms with van der Waals surface area (Å²) in [4.78, 5) is 44.1. The molecule has 2 N–H and O–H groups in total. The summed E-state index contributed by atoms with van der Waals surface area (Å²) in [5, 5.41) is 30.9. The average molecular weight is 531 g/mol. The fourth-order valence-electron chi connectivity index (χ4n) is 4.48. The number of nitrogens with zero attached hydrogens (tertiary/aromatic N) is 7. The van der Waals surface area contributed by atoms with E-state index in [1.54, 1.807) is 56.2 Å². The molecule has 1 aromatic carbocycles. The molecule has 0 radical (unpaired) electrons. The third-order valence-corrected chi connectivity index (χ3v) is 6.49. The molecule has 13 heteroatoms. The zero-order valence-electron chi connectivity index (χ0n) is 21.9. The second-order valence-corrected chi connectivity index (χ2v) is 9.02. The number of carbonyl (C=O) groups excluding carboxylic acids is 2. The standard InChI is InChI=1S/C26H26N8O5/c1-14(23-30-21(22(36)26(38)34(23)5)25(37)29-17-11-28-39-13-17)20(18-9-7-6-8-16(18)10-27)19-12-32(3)31-24(19)33(4)15(2)35/h6-9,11-14,20,36H,1-5H3,(H,29,37). The molecule has 2 unspecified atom stereocenters. The molecule has 0 saturated carbocycles. The summed E-state index contributed by atoms with van der Waals surface area (Å²) < 4.78 is 7.42. The van der Waals surface area contributed by atoms with Crippen molar-refractivity contribution in [2.45, 2.75) is 25.7 Å². The number of carbonyl (C=O) groups is 2. The Morgan fingerprint density at radius 2 is 1.95 bits per heavy atom. The van der Waals surface area contributed by atoms with Gasteiger partial charge in [0.05, 0.1) is 17.8 Å². The second-order valence-electron chi connectivity index (χ2n) is 9.02. The van der Waals surface area contributed by atoms with E-state index in [1.807, 2.05) is 0 Å². The third-order valence-electron chi connectivity index (χ3n) is 6.49. The topological polar surface area (TPSA) is 172 Å². The second kappa shape index (κ2) is 10.6. The molecule has 3 aromatic heterocycles. The maximum absolute atomic E-state index is 13.0. The Balaban J connectivity index is 1.94. The molecular formula is C26H26N8O5. The van der Waals surface area contributed by atoms with Gasteiger partial charge in [0.25, 0.3) is 11.5 Å². The van der Waals surface area contributed by atoms with Crippen molar-refractivity contribution in [2.24, 2.45) is 14.1 Å². The fraction of sp³-hybridized carbons (Fsp3) is 0.269. The molecule has 39 heavy (non-hydrogen) atoms. The molecule has 4 aromatic rings. The molecule has 0 aliphatic rings. The van der Waals surface area contributed by atoms with Crippen LogP contribution < -0.4 is 15.8 Å². The number of hydrogen-bond donors (Lipinski definition) is 2. The number of aryl methyl sites for hydroxylation is 1. The number of aromatic hydroxyl groups is 1. The first-order valence-corrected chi connectivity index (χ1v) is 11.8. The largest absolute Gasteiger partial charge is 0.501 e. The molecule has 13 nitrogen and oxygen atoms in total. The number of nitrogens with one attached hydrogen (secondary N) is 1. The Bertz CT molecular complexity index is 1650. The molecule has 0 spiro atoms. The maximum Gasteiger partial charge on any atom is 0.296 e. The van der Waals surface area contributed by atoms with Crippen LogP contribution >= 0.6 is 0 Å². The lowest BCUT2D eigenvalue weighted by Crippen LogP contribution is -2.30. The number of anilines is 2. The van der Waals surface area contributed by atoms with Gasteiger partial charge in [-0.05, 0) is 11.6 Å². The van der Waals surface area contributed by atoms with Gasteiger partial charge in [-0.1, -0.05) is 30.3 Å². The molecule has 4 rings (SSSR count). The van der Waals surface area contributed by atoms with Crippen LogP contribution in [-0.2, 0) is 18.9 Å². The van der Waals surface area contributed by atoms with Crippen molar-refractivity contribution in [3.63, 3.8) is 0 Å². The molecule has 200 valence electrons. The Kier molecular flexibility index (Phi) is 7.30. The minimum Gasteiger partial charge on any atom is -0.501 e. The van der Waals surface area contributed by atoms with Crippen LogP contribution in [0.5, 0.6) is 5.75 Å². The number of rotatable bonds is 7. The van der Waals surface area contributed by atoms with Crippen LogP contribution in [-0.4, -0.2) is 48.5 Å². The quantitative estimate of drug-likeness (QED) is 0.363. The Morgan fingerprint density at radius 1 is 1.23 bits per heavy atom. The number of amides is 2. The predicted octanol–water partition coefficient (Wildman–Crippen LogP) is 2.25. The molecule has 3 heterocycles. The monoisotopic (exact) mass is 530 g/mol. The number of benzene rings is 1. The highest BCUT2D eigenvalue weighted by molar-refractivity contribution is 6.04. The van der Waals surface area contributed by atoms with Crippen molar-refractivity contribution < 1.29 is 19.2 Å². The lowest BCUT2D eigenvalue weighted by molar-refractivity contribution is -0.116. The zero-order valence-corrected chi connectivity index (χ0v) is 21.9. The molecule has 0 bridgehead atoms. The summed E-state index contributed by atoms with van der Waals surface area (Å²) in [6.07, 6.45) is 4.18. The van der Waals surface area contributed by atoms with Crippen molar-refractivity contribution in [2.75, 3.05) is 17.3 Å². The fourth-order valence-corrected chi connectivity index (χ4v) is 4.48. The van der Waals surface area contributed by atoms with Crippen molar-refractivity contribution in [3.05, 3.63) is 81.5 Å². The number of aromatic nitrogens is 5. The van der Waals surface area contributed by atoms with Gasteiger partial charge in [-0.2, -0.15) is 10.4 Å². The van der Waals surface area contributed by atoms with E-state index < -0.39 is 34.7 Å². The van der Waals surface area contributed by atoms with E-state index in [0.29, 0.717) is 22.5 Å². The van der Waals surface area contributed by atoms with Crippen molar-refractivity contribution in [1.82, 2.24) is 24.5 Å². The summed E-state index contributed by atoms with van der Waals surface area (Å²) in [7, 11) is 4.73. The highest BCUT2D eigenvalue weighted by Gasteiger charge is 2.34. The van der Waals surface area contributed by atoms with Crippen LogP contribution in [0.1, 0.15) is 58.7 Å². The van der Waals surface area contributed by atoms with Gasteiger partial charge in [-0.25, -0.2) is 4.98 Å². The summed E-state index contributed by atoms with van der Waals surface area (Å²) in [5.41, 5.74) is 0.482. The van der Waals surface area contributed by atoms with Crippen LogP contribution in [0.4, 0.5) is 11.5 Å². The van der Waals surface area contributed by atoms with E-state index in [9.17, 15) is 24.8 Å². The summed E-state index contributed by atoms with van der Waals surface area (Å²) in [6, 6.07) is 9.16. The van der Waals surface area contributed by atoms with Gasteiger partial charge in [0.2, 0.25) is 11.7 Å². The normalized spacial score (nSPS) is 12.4. The maximum atomic E-state index is 13.0. The molecule has 2 amide bonds. The Hall–Kier alpha value is -5.25. The van der Waals surface area contributed by atoms with Crippen LogP contribution in [0, 0.1) is 11.3 Å². The van der Waals surface area contributed by atoms with Gasteiger partial charge in [0.1, 0.15) is 17.8 Å². The SMILES string of the molecule is CC(=O)N(C)c1nn(C)cc1C(c1ccccc1C#N)C(C)c1nc(C(=O)Nc2cnoc2)c(O)c(=O)n1C. The van der Waals surface area contributed by atoms with Crippen molar-refractivity contribution in [1.29, 1.82) is 5.26 Å². The van der Waals surface area contributed by atoms with Gasteiger partial charge in [0, 0.05) is 51.7 Å². The first-order valence-electron chi connectivity index (χ1n) is 11.8. The predicted molar refractivity (Wildman–Crippen MR) is 139 cm³/mol. The summed E-state index contributed by atoms with van der Waals surface area (Å²) in [6.45, 7) is 3.19. The van der Waals surface area contributed by atoms with Crippen LogP contribution in [0.15, 0.2) is 52.2 Å². The molecule has 0 aliphatic carbocycles.